The highest BCUT2D eigenvalue weighted by molar-refractivity contribution is 7.91. The van der Waals surface area contributed by atoms with Crippen LogP contribution in [0.1, 0.15) is 17.5 Å². The van der Waals surface area contributed by atoms with Crippen molar-refractivity contribution in [2.75, 3.05) is 18.6 Å². The fraction of sp³-hybridized carbons (Fsp3) is 0.368. The number of halogens is 1. The van der Waals surface area contributed by atoms with Gasteiger partial charge < -0.3 is 4.74 Å². The van der Waals surface area contributed by atoms with Crippen molar-refractivity contribution >= 4 is 21.4 Å². The third-order valence-corrected chi connectivity index (χ3v) is 6.72. The van der Waals surface area contributed by atoms with Gasteiger partial charge in [-0.05, 0) is 35.7 Å². The second-order valence-electron chi connectivity index (χ2n) is 6.40. The molecule has 0 N–H and O–H groups in total. The molecule has 0 saturated carbocycles. The van der Waals surface area contributed by atoms with Crippen molar-refractivity contribution in [2.45, 2.75) is 25.6 Å². The molecule has 1 aliphatic rings. The normalized spacial score (nSPS) is 19.2. The molecule has 1 unspecified atom stereocenters. The zero-order valence-electron chi connectivity index (χ0n) is 14.2. The summed E-state index contributed by atoms with van der Waals surface area (Å²) in [6.07, 6.45) is 0.670. The summed E-state index contributed by atoms with van der Waals surface area (Å²) in [5, 5.41) is 0.711. The Morgan fingerprint density at radius 1 is 1.12 bits per heavy atom. The van der Waals surface area contributed by atoms with Crippen molar-refractivity contribution < 1.29 is 13.2 Å². The zero-order chi connectivity index (χ0) is 17.9. The van der Waals surface area contributed by atoms with E-state index in [1.807, 2.05) is 48.5 Å². The molecule has 4 nitrogen and oxygen atoms in total. The zero-order valence-corrected chi connectivity index (χ0v) is 15.8. The summed E-state index contributed by atoms with van der Waals surface area (Å²) in [7, 11) is -1.30. The lowest BCUT2D eigenvalue weighted by Gasteiger charge is -2.28. The maximum atomic E-state index is 11.9. The number of sulfone groups is 1. The highest BCUT2D eigenvalue weighted by atomic mass is 35.5. The van der Waals surface area contributed by atoms with E-state index in [9.17, 15) is 8.42 Å². The molecule has 0 spiro atoms. The van der Waals surface area contributed by atoms with Gasteiger partial charge in [0.15, 0.2) is 9.84 Å². The average Bonchev–Trinajstić information content (AvgIpc) is 2.97. The molecule has 0 radical (unpaired) electrons. The van der Waals surface area contributed by atoms with Crippen LogP contribution in [0.3, 0.4) is 0 Å². The molecule has 0 amide bonds. The first kappa shape index (κ1) is 18.2. The predicted molar refractivity (Wildman–Crippen MR) is 101 cm³/mol. The predicted octanol–water partition coefficient (Wildman–Crippen LogP) is 3.54. The molecule has 1 saturated heterocycles. The minimum atomic E-state index is -2.94. The van der Waals surface area contributed by atoms with Gasteiger partial charge in [-0.2, -0.15) is 0 Å². The van der Waals surface area contributed by atoms with E-state index in [4.69, 9.17) is 16.3 Å². The van der Waals surface area contributed by atoms with Gasteiger partial charge in [0.05, 0.1) is 18.6 Å². The minimum absolute atomic E-state index is 0.0170. The summed E-state index contributed by atoms with van der Waals surface area (Å²) in [5.41, 5.74) is 2.14. The van der Waals surface area contributed by atoms with Crippen LogP contribution in [-0.4, -0.2) is 38.0 Å². The van der Waals surface area contributed by atoms with Gasteiger partial charge >= 0.3 is 0 Å². The van der Waals surface area contributed by atoms with Gasteiger partial charge in [-0.1, -0.05) is 41.9 Å². The van der Waals surface area contributed by atoms with E-state index in [2.05, 4.69) is 4.90 Å². The molecule has 1 heterocycles. The van der Waals surface area contributed by atoms with Crippen molar-refractivity contribution in [1.82, 2.24) is 4.90 Å². The number of rotatable bonds is 6. The SMILES string of the molecule is COc1ccc(CN(Cc2ccccc2Cl)C2CCS(=O)(=O)C2)cc1. The molecule has 6 heteroatoms. The Bertz CT molecular complexity index is 821. The Morgan fingerprint density at radius 3 is 2.44 bits per heavy atom. The van der Waals surface area contributed by atoms with Crippen molar-refractivity contribution in [3.8, 4) is 5.75 Å². The molecule has 1 atom stereocenters. The molecule has 3 rings (SSSR count). The first-order valence-corrected chi connectivity index (χ1v) is 10.5. The third-order valence-electron chi connectivity index (χ3n) is 4.60. The van der Waals surface area contributed by atoms with Crippen LogP contribution < -0.4 is 4.74 Å². The highest BCUT2D eigenvalue weighted by Crippen LogP contribution is 2.25. The van der Waals surface area contributed by atoms with Crippen LogP contribution in [0.4, 0.5) is 0 Å². The molecule has 2 aromatic rings. The Kier molecular flexibility index (Phi) is 5.67. The maximum Gasteiger partial charge on any atom is 0.151 e. The van der Waals surface area contributed by atoms with E-state index in [0.29, 0.717) is 24.5 Å². The fourth-order valence-electron chi connectivity index (χ4n) is 3.19. The quantitative estimate of drug-likeness (QED) is 0.770. The van der Waals surface area contributed by atoms with Gasteiger partial charge in [0.1, 0.15) is 5.75 Å². The molecule has 0 bridgehead atoms. The Morgan fingerprint density at radius 2 is 1.84 bits per heavy atom. The van der Waals surface area contributed by atoms with E-state index in [-0.39, 0.29) is 17.5 Å². The summed E-state index contributed by atoms with van der Waals surface area (Å²) in [5.74, 6) is 1.29. The van der Waals surface area contributed by atoms with Gasteiger partial charge in [-0.15, -0.1) is 0 Å². The maximum absolute atomic E-state index is 11.9. The van der Waals surface area contributed by atoms with E-state index in [0.717, 1.165) is 16.9 Å². The van der Waals surface area contributed by atoms with Crippen LogP contribution in [0.15, 0.2) is 48.5 Å². The summed E-state index contributed by atoms with van der Waals surface area (Å²) in [6, 6.07) is 15.6. The first-order chi connectivity index (χ1) is 12.0. The molecule has 2 aromatic carbocycles. The molecular weight excluding hydrogens is 358 g/mol. The summed E-state index contributed by atoms with van der Waals surface area (Å²) >= 11 is 6.31. The van der Waals surface area contributed by atoms with Gasteiger partial charge in [0.25, 0.3) is 0 Å². The molecule has 25 heavy (non-hydrogen) atoms. The Labute approximate surface area is 154 Å². The van der Waals surface area contributed by atoms with Crippen LogP contribution in [-0.2, 0) is 22.9 Å². The third kappa shape index (κ3) is 4.75. The topological polar surface area (TPSA) is 46.6 Å². The van der Waals surface area contributed by atoms with Gasteiger partial charge in [0.2, 0.25) is 0 Å². The van der Waals surface area contributed by atoms with Crippen molar-refractivity contribution in [3.63, 3.8) is 0 Å². The van der Waals surface area contributed by atoms with Crippen LogP contribution >= 0.6 is 11.6 Å². The van der Waals surface area contributed by atoms with Gasteiger partial charge in [-0.25, -0.2) is 8.42 Å². The van der Waals surface area contributed by atoms with E-state index in [1.54, 1.807) is 7.11 Å². The van der Waals surface area contributed by atoms with Crippen LogP contribution in [0.25, 0.3) is 0 Å². The molecule has 134 valence electrons. The largest absolute Gasteiger partial charge is 0.497 e. The first-order valence-electron chi connectivity index (χ1n) is 8.28. The van der Waals surface area contributed by atoms with Crippen molar-refractivity contribution in [3.05, 3.63) is 64.7 Å². The average molecular weight is 380 g/mol. The van der Waals surface area contributed by atoms with E-state index in [1.165, 1.54) is 0 Å². The number of hydrogen-bond donors (Lipinski definition) is 0. The second kappa shape index (κ2) is 7.77. The van der Waals surface area contributed by atoms with Gasteiger partial charge in [-0.3, -0.25) is 4.90 Å². The van der Waals surface area contributed by atoms with Crippen molar-refractivity contribution in [2.24, 2.45) is 0 Å². The van der Waals surface area contributed by atoms with E-state index < -0.39 is 9.84 Å². The molecule has 1 aliphatic heterocycles. The Hall–Kier alpha value is -1.56. The lowest BCUT2D eigenvalue weighted by molar-refractivity contribution is 0.194. The monoisotopic (exact) mass is 379 g/mol. The molecule has 0 aliphatic carbocycles. The van der Waals surface area contributed by atoms with Crippen LogP contribution in [0.5, 0.6) is 5.75 Å². The van der Waals surface area contributed by atoms with Crippen LogP contribution in [0, 0.1) is 0 Å². The summed E-state index contributed by atoms with van der Waals surface area (Å²) in [6.45, 7) is 1.31. The number of hydrogen-bond acceptors (Lipinski definition) is 4. The number of ether oxygens (including phenoxy) is 1. The smallest absolute Gasteiger partial charge is 0.151 e. The number of nitrogens with zero attached hydrogens (tertiary/aromatic N) is 1. The number of methoxy groups -OCH3 is 1. The van der Waals surface area contributed by atoms with Crippen LogP contribution in [0.2, 0.25) is 5.02 Å². The highest BCUT2D eigenvalue weighted by Gasteiger charge is 2.32. The van der Waals surface area contributed by atoms with E-state index >= 15 is 0 Å². The standard InChI is InChI=1S/C19H22ClNO3S/c1-24-18-8-6-15(7-9-18)12-21(17-10-11-25(22,23)14-17)13-16-4-2-3-5-19(16)20/h2-9,17H,10-14H2,1H3. The second-order valence-corrected chi connectivity index (χ2v) is 9.04. The van der Waals surface area contributed by atoms with Crippen molar-refractivity contribution in [1.29, 1.82) is 0 Å². The van der Waals surface area contributed by atoms with Gasteiger partial charge in [0, 0.05) is 24.2 Å². The Balaban J connectivity index is 1.82. The lowest BCUT2D eigenvalue weighted by Crippen LogP contribution is -2.35. The number of benzene rings is 2. The molecule has 1 fully saturated rings. The minimum Gasteiger partial charge on any atom is -0.497 e. The summed E-state index contributed by atoms with van der Waals surface area (Å²) in [4.78, 5) is 2.22. The lowest BCUT2D eigenvalue weighted by atomic mass is 10.1. The molecule has 0 aromatic heterocycles. The molecular formula is C19H22ClNO3S. The summed E-state index contributed by atoms with van der Waals surface area (Å²) < 4.78 is 29.1. The fourth-order valence-corrected chi connectivity index (χ4v) is 5.15.